The number of oxazole rings is 1. The molecule has 0 aliphatic rings. The zero-order valence-corrected chi connectivity index (χ0v) is 18.9. The van der Waals surface area contributed by atoms with Gasteiger partial charge in [-0.3, -0.25) is 4.90 Å². The number of unbranched alkanes of at least 4 members (excludes halogenated alkanes) is 1. The van der Waals surface area contributed by atoms with Crippen molar-refractivity contribution >= 4 is 23.1 Å². The van der Waals surface area contributed by atoms with Crippen molar-refractivity contribution in [1.29, 1.82) is 0 Å². The van der Waals surface area contributed by atoms with Gasteiger partial charge in [-0.1, -0.05) is 38.1 Å². The molecule has 28 heavy (non-hydrogen) atoms. The standard InChI is InChI=1S/C20H29N5OS2/c1-6-8-11-25-18(16(7-2)24(4)5)22-23-20(25)28-13-15-14(3)26-19(21-15)17-10-9-12-27-17/h9-10,12,16H,6-8,11,13H2,1-5H3. The third-order valence-corrected chi connectivity index (χ3v) is 6.59. The van der Waals surface area contributed by atoms with Crippen molar-refractivity contribution in [3.8, 4) is 10.8 Å². The first-order valence-electron chi connectivity index (χ1n) is 9.77. The Labute approximate surface area is 175 Å². The van der Waals surface area contributed by atoms with E-state index in [9.17, 15) is 0 Å². The summed E-state index contributed by atoms with van der Waals surface area (Å²) >= 11 is 3.33. The molecule has 6 nitrogen and oxygen atoms in total. The lowest BCUT2D eigenvalue weighted by atomic mass is 10.2. The summed E-state index contributed by atoms with van der Waals surface area (Å²) in [5.41, 5.74) is 0.972. The van der Waals surface area contributed by atoms with Crippen LogP contribution < -0.4 is 0 Å². The molecule has 3 aromatic rings. The molecular weight excluding hydrogens is 390 g/mol. The van der Waals surface area contributed by atoms with Crippen molar-refractivity contribution in [1.82, 2.24) is 24.6 Å². The molecule has 0 fully saturated rings. The normalized spacial score (nSPS) is 12.8. The summed E-state index contributed by atoms with van der Waals surface area (Å²) in [6, 6.07) is 4.32. The zero-order valence-electron chi connectivity index (χ0n) is 17.3. The zero-order chi connectivity index (χ0) is 20.1. The maximum atomic E-state index is 5.87. The minimum atomic E-state index is 0.276. The first-order valence-corrected chi connectivity index (χ1v) is 11.6. The van der Waals surface area contributed by atoms with Gasteiger partial charge in [-0.05, 0) is 45.3 Å². The molecule has 0 bridgehead atoms. The Morgan fingerprint density at radius 1 is 1.29 bits per heavy atom. The number of rotatable bonds is 10. The molecule has 3 heterocycles. The average Bonchev–Trinajstić information content (AvgIpc) is 3.39. The van der Waals surface area contributed by atoms with Crippen molar-refractivity contribution in [2.24, 2.45) is 0 Å². The molecule has 1 unspecified atom stereocenters. The van der Waals surface area contributed by atoms with E-state index >= 15 is 0 Å². The molecule has 0 radical (unpaired) electrons. The predicted octanol–water partition coefficient (Wildman–Crippen LogP) is 5.41. The van der Waals surface area contributed by atoms with Crippen molar-refractivity contribution in [3.63, 3.8) is 0 Å². The molecule has 0 amide bonds. The fourth-order valence-electron chi connectivity index (χ4n) is 3.16. The first kappa shape index (κ1) is 21.1. The van der Waals surface area contributed by atoms with Crippen LogP contribution in [-0.4, -0.2) is 38.7 Å². The molecule has 3 aromatic heterocycles. The number of aryl methyl sites for hydroxylation is 1. The van der Waals surface area contributed by atoms with E-state index < -0.39 is 0 Å². The van der Waals surface area contributed by atoms with Crippen LogP contribution in [0.1, 0.15) is 56.4 Å². The number of thioether (sulfide) groups is 1. The van der Waals surface area contributed by atoms with Gasteiger partial charge in [0, 0.05) is 12.3 Å². The van der Waals surface area contributed by atoms with Crippen LogP contribution in [0.2, 0.25) is 0 Å². The van der Waals surface area contributed by atoms with E-state index in [-0.39, 0.29) is 6.04 Å². The quantitative estimate of drug-likeness (QED) is 0.410. The summed E-state index contributed by atoms with van der Waals surface area (Å²) in [7, 11) is 4.20. The highest BCUT2D eigenvalue weighted by atomic mass is 32.2. The molecular formula is C20H29N5OS2. The molecule has 0 saturated carbocycles. The van der Waals surface area contributed by atoms with Crippen molar-refractivity contribution in [2.75, 3.05) is 14.1 Å². The summed E-state index contributed by atoms with van der Waals surface area (Å²) in [6.45, 7) is 7.34. The number of hydrogen-bond donors (Lipinski definition) is 0. The Hall–Kier alpha value is -1.64. The molecule has 1 atom stereocenters. The highest BCUT2D eigenvalue weighted by Gasteiger charge is 2.22. The number of nitrogens with zero attached hydrogens (tertiary/aromatic N) is 5. The third-order valence-electron chi connectivity index (χ3n) is 4.75. The SMILES string of the molecule is CCCCn1c(SCc2nc(-c3cccs3)oc2C)nnc1C(CC)N(C)C. The Kier molecular flexibility index (Phi) is 7.31. The Bertz CT molecular complexity index is 869. The van der Waals surface area contributed by atoms with E-state index in [4.69, 9.17) is 9.40 Å². The largest absolute Gasteiger partial charge is 0.440 e. The van der Waals surface area contributed by atoms with Crippen LogP contribution in [0.25, 0.3) is 10.8 Å². The van der Waals surface area contributed by atoms with Gasteiger partial charge < -0.3 is 8.98 Å². The minimum Gasteiger partial charge on any atom is -0.440 e. The lowest BCUT2D eigenvalue weighted by Gasteiger charge is -2.23. The van der Waals surface area contributed by atoms with Crippen LogP contribution in [0.5, 0.6) is 0 Å². The van der Waals surface area contributed by atoms with Gasteiger partial charge in [0.25, 0.3) is 0 Å². The molecule has 0 N–H and O–H groups in total. The molecule has 0 aliphatic carbocycles. The van der Waals surface area contributed by atoms with Gasteiger partial charge >= 0.3 is 0 Å². The van der Waals surface area contributed by atoms with Crippen LogP contribution >= 0.6 is 23.1 Å². The van der Waals surface area contributed by atoms with Crippen LogP contribution in [0.15, 0.2) is 27.1 Å². The summed E-state index contributed by atoms with van der Waals surface area (Å²) in [5.74, 6) is 3.36. The second-order valence-corrected chi connectivity index (χ2v) is 8.91. The number of aromatic nitrogens is 4. The summed E-state index contributed by atoms with van der Waals surface area (Å²) < 4.78 is 8.16. The van der Waals surface area contributed by atoms with Gasteiger partial charge in [0.05, 0.1) is 16.6 Å². The second kappa shape index (κ2) is 9.71. The lowest BCUT2D eigenvalue weighted by Crippen LogP contribution is -2.23. The van der Waals surface area contributed by atoms with Crippen molar-refractivity contribution < 1.29 is 4.42 Å². The topological polar surface area (TPSA) is 60.0 Å². The molecule has 0 spiro atoms. The summed E-state index contributed by atoms with van der Waals surface area (Å²) in [5, 5.41) is 12.1. The smallest absolute Gasteiger partial charge is 0.236 e. The number of thiophene rings is 1. The lowest BCUT2D eigenvalue weighted by molar-refractivity contribution is 0.270. The minimum absolute atomic E-state index is 0.276. The van der Waals surface area contributed by atoms with E-state index in [1.807, 2.05) is 24.4 Å². The third kappa shape index (κ3) is 4.67. The Morgan fingerprint density at radius 3 is 2.75 bits per heavy atom. The van der Waals surface area contributed by atoms with Gasteiger partial charge in [-0.25, -0.2) is 4.98 Å². The summed E-state index contributed by atoms with van der Waals surface area (Å²) in [6.07, 6.45) is 3.27. The van der Waals surface area contributed by atoms with Crippen LogP contribution in [0.4, 0.5) is 0 Å². The predicted molar refractivity (Wildman–Crippen MR) is 116 cm³/mol. The van der Waals surface area contributed by atoms with Crippen LogP contribution in [0, 0.1) is 6.92 Å². The molecule has 0 aromatic carbocycles. The van der Waals surface area contributed by atoms with Gasteiger partial charge in [-0.15, -0.1) is 21.5 Å². The van der Waals surface area contributed by atoms with Crippen molar-refractivity contribution in [2.45, 2.75) is 63.5 Å². The Balaban J connectivity index is 1.79. The molecule has 8 heteroatoms. The van der Waals surface area contributed by atoms with Gasteiger partial charge in [0.1, 0.15) is 5.76 Å². The maximum absolute atomic E-state index is 5.87. The molecule has 152 valence electrons. The highest BCUT2D eigenvalue weighted by Crippen LogP contribution is 2.31. The first-order chi connectivity index (χ1) is 13.5. The van der Waals surface area contributed by atoms with Crippen LogP contribution in [0.3, 0.4) is 0 Å². The maximum Gasteiger partial charge on any atom is 0.236 e. The fraction of sp³-hybridized carbons (Fsp3) is 0.550. The van der Waals surface area contributed by atoms with Gasteiger partial charge in [0.2, 0.25) is 5.89 Å². The molecule has 0 aliphatic heterocycles. The van der Waals surface area contributed by atoms with E-state index in [0.29, 0.717) is 5.89 Å². The van der Waals surface area contributed by atoms with Gasteiger partial charge in [0.15, 0.2) is 11.0 Å². The monoisotopic (exact) mass is 419 g/mol. The van der Waals surface area contributed by atoms with E-state index in [1.165, 1.54) is 0 Å². The van der Waals surface area contributed by atoms with Gasteiger partial charge in [-0.2, -0.15) is 0 Å². The van der Waals surface area contributed by atoms with E-state index in [1.54, 1.807) is 23.1 Å². The fourth-order valence-corrected chi connectivity index (χ4v) is 4.78. The highest BCUT2D eigenvalue weighted by molar-refractivity contribution is 7.98. The average molecular weight is 420 g/mol. The van der Waals surface area contributed by atoms with E-state index in [0.717, 1.165) is 58.9 Å². The summed E-state index contributed by atoms with van der Waals surface area (Å²) in [4.78, 5) is 7.98. The Morgan fingerprint density at radius 2 is 2.11 bits per heavy atom. The molecule has 3 rings (SSSR count). The van der Waals surface area contributed by atoms with E-state index in [2.05, 4.69) is 47.6 Å². The van der Waals surface area contributed by atoms with Crippen molar-refractivity contribution in [3.05, 3.63) is 34.8 Å². The van der Waals surface area contributed by atoms with Crippen LogP contribution in [-0.2, 0) is 12.3 Å². The number of hydrogen-bond acceptors (Lipinski definition) is 7. The second-order valence-electron chi connectivity index (χ2n) is 7.02. The molecule has 0 saturated heterocycles.